The first-order valence-corrected chi connectivity index (χ1v) is 9.25. The minimum Gasteiger partial charge on any atom is -0.351 e. The van der Waals surface area contributed by atoms with Gasteiger partial charge in [-0.05, 0) is 36.8 Å². The number of benzene rings is 1. The molecule has 0 saturated carbocycles. The topological polar surface area (TPSA) is 59.8 Å². The summed E-state index contributed by atoms with van der Waals surface area (Å²) in [5.74, 6) is 0.494. The summed E-state index contributed by atoms with van der Waals surface area (Å²) in [5, 5.41) is 8.29. The minimum atomic E-state index is -0.311. The largest absolute Gasteiger partial charge is 0.351 e. The van der Waals surface area contributed by atoms with Gasteiger partial charge in [0, 0.05) is 18.2 Å². The maximum Gasteiger partial charge on any atom is 0.254 e. The molecule has 0 aliphatic carbocycles. The summed E-state index contributed by atoms with van der Waals surface area (Å²) in [7, 11) is 0. The Morgan fingerprint density at radius 1 is 1.19 bits per heavy atom. The lowest BCUT2D eigenvalue weighted by Gasteiger charge is -2.26. The second kappa shape index (κ2) is 7.71. The molecule has 3 rings (SSSR count). The Bertz CT molecular complexity index is 967. The van der Waals surface area contributed by atoms with Crippen molar-refractivity contribution >= 4 is 29.1 Å². The maximum absolute atomic E-state index is 12.7. The molecule has 0 aliphatic heterocycles. The zero-order chi connectivity index (χ0) is 19.6. The summed E-state index contributed by atoms with van der Waals surface area (Å²) in [5.41, 5.74) is 1.94. The van der Waals surface area contributed by atoms with Gasteiger partial charge in [-0.15, -0.1) is 0 Å². The lowest BCUT2D eigenvalue weighted by molar-refractivity contribution is 0.0945. The first kappa shape index (κ1) is 19.4. The molecule has 1 aromatic carbocycles. The van der Waals surface area contributed by atoms with Gasteiger partial charge in [0.25, 0.3) is 5.91 Å². The number of carbonyl (C=O) groups excluding carboxylic acids is 1. The number of amides is 1. The number of nitrogens with zero attached hydrogens (tertiary/aromatic N) is 3. The zero-order valence-corrected chi connectivity index (χ0v) is 16.8. The molecule has 7 heteroatoms. The number of rotatable bonds is 5. The average Bonchev–Trinajstić information content (AvgIpc) is 3.04. The Labute approximate surface area is 168 Å². The van der Waals surface area contributed by atoms with E-state index in [2.05, 4.69) is 15.4 Å². The minimum absolute atomic E-state index is 0.178. The monoisotopic (exact) mass is 402 g/mol. The molecule has 0 radical (unpaired) electrons. The lowest BCUT2D eigenvalue weighted by Crippen LogP contribution is -2.36. The lowest BCUT2D eigenvalue weighted by atomic mass is 9.84. The van der Waals surface area contributed by atoms with Gasteiger partial charge in [-0.25, -0.2) is 9.67 Å². The second-order valence-electron chi connectivity index (χ2n) is 6.94. The third-order valence-electron chi connectivity index (χ3n) is 4.51. The zero-order valence-electron chi connectivity index (χ0n) is 15.3. The van der Waals surface area contributed by atoms with Crippen molar-refractivity contribution in [2.24, 2.45) is 0 Å². The number of carbonyl (C=O) groups is 1. The van der Waals surface area contributed by atoms with Gasteiger partial charge in [0.15, 0.2) is 5.82 Å². The highest BCUT2D eigenvalue weighted by molar-refractivity contribution is 6.42. The number of aromatic nitrogens is 3. The molecule has 0 aliphatic rings. The van der Waals surface area contributed by atoms with E-state index in [4.69, 9.17) is 23.2 Å². The van der Waals surface area contributed by atoms with Crippen LogP contribution in [0, 0.1) is 6.92 Å². The Morgan fingerprint density at radius 2 is 1.96 bits per heavy atom. The van der Waals surface area contributed by atoms with E-state index in [0.29, 0.717) is 28.0 Å². The van der Waals surface area contributed by atoms with Crippen molar-refractivity contribution in [1.29, 1.82) is 0 Å². The highest BCUT2D eigenvalue weighted by Crippen LogP contribution is 2.29. The van der Waals surface area contributed by atoms with E-state index in [1.54, 1.807) is 23.1 Å². The van der Waals surface area contributed by atoms with E-state index in [-0.39, 0.29) is 11.3 Å². The predicted molar refractivity (Wildman–Crippen MR) is 108 cm³/mol. The van der Waals surface area contributed by atoms with Crippen molar-refractivity contribution < 1.29 is 4.79 Å². The van der Waals surface area contributed by atoms with Crippen LogP contribution in [0.25, 0.3) is 5.82 Å². The Kier molecular flexibility index (Phi) is 5.53. The summed E-state index contributed by atoms with van der Waals surface area (Å²) in [6.45, 7) is 6.37. The van der Waals surface area contributed by atoms with Gasteiger partial charge >= 0.3 is 0 Å². The highest BCUT2D eigenvalue weighted by Gasteiger charge is 2.24. The van der Waals surface area contributed by atoms with Gasteiger partial charge in [0.1, 0.15) is 0 Å². The number of pyridine rings is 1. The summed E-state index contributed by atoms with van der Waals surface area (Å²) in [4.78, 5) is 16.9. The van der Waals surface area contributed by atoms with Crippen molar-refractivity contribution in [1.82, 2.24) is 20.1 Å². The van der Waals surface area contributed by atoms with Gasteiger partial charge in [-0.2, -0.15) is 5.10 Å². The van der Waals surface area contributed by atoms with Crippen LogP contribution in [-0.4, -0.2) is 27.2 Å². The van der Waals surface area contributed by atoms with Crippen LogP contribution in [0.4, 0.5) is 0 Å². The molecular weight excluding hydrogens is 383 g/mol. The van der Waals surface area contributed by atoms with Crippen LogP contribution in [-0.2, 0) is 5.41 Å². The fourth-order valence-electron chi connectivity index (χ4n) is 2.76. The van der Waals surface area contributed by atoms with Crippen LogP contribution in [0.5, 0.6) is 0 Å². The van der Waals surface area contributed by atoms with E-state index in [1.165, 1.54) is 0 Å². The van der Waals surface area contributed by atoms with Crippen LogP contribution in [0.3, 0.4) is 0 Å². The number of halogens is 2. The summed E-state index contributed by atoms with van der Waals surface area (Å²) < 4.78 is 1.65. The average molecular weight is 403 g/mol. The van der Waals surface area contributed by atoms with Crippen LogP contribution in [0.1, 0.15) is 35.5 Å². The normalized spacial score (nSPS) is 11.4. The molecule has 0 unspecified atom stereocenters. The molecule has 1 N–H and O–H groups in total. The van der Waals surface area contributed by atoms with Gasteiger partial charge in [-0.3, -0.25) is 4.79 Å². The van der Waals surface area contributed by atoms with Gasteiger partial charge in [0.05, 0.1) is 27.5 Å². The molecule has 27 heavy (non-hydrogen) atoms. The fourth-order valence-corrected chi connectivity index (χ4v) is 3.06. The maximum atomic E-state index is 12.7. The van der Waals surface area contributed by atoms with Crippen LogP contribution < -0.4 is 5.32 Å². The van der Waals surface area contributed by atoms with Crippen molar-refractivity contribution in [2.75, 3.05) is 6.54 Å². The van der Waals surface area contributed by atoms with Crippen LogP contribution in [0.15, 0.2) is 48.8 Å². The van der Waals surface area contributed by atoms with Crippen LogP contribution >= 0.6 is 23.2 Å². The standard InChI is InChI=1S/C20H20Cl2N4O/c1-13-15(11-25-26(13)18-6-4-5-9-23-18)19(27)24-12-20(2,3)14-7-8-16(21)17(22)10-14/h4-11H,12H2,1-3H3,(H,24,27). The van der Waals surface area contributed by atoms with Crippen molar-refractivity contribution in [3.63, 3.8) is 0 Å². The van der Waals surface area contributed by atoms with Gasteiger partial charge in [0.2, 0.25) is 0 Å². The summed E-state index contributed by atoms with van der Waals surface area (Å²) in [6.07, 6.45) is 3.25. The third kappa shape index (κ3) is 4.15. The number of hydrogen-bond acceptors (Lipinski definition) is 3. The van der Waals surface area contributed by atoms with E-state index in [9.17, 15) is 4.79 Å². The first-order chi connectivity index (χ1) is 12.8. The van der Waals surface area contributed by atoms with Crippen molar-refractivity contribution in [3.8, 4) is 5.82 Å². The molecule has 140 valence electrons. The van der Waals surface area contributed by atoms with E-state index in [0.717, 1.165) is 11.3 Å². The summed E-state index contributed by atoms with van der Waals surface area (Å²) >= 11 is 12.1. The number of hydrogen-bond donors (Lipinski definition) is 1. The van der Waals surface area contributed by atoms with E-state index < -0.39 is 0 Å². The van der Waals surface area contributed by atoms with E-state index >= 15 is 0 Å². The molecule has 5 nitrogen and oxygen atoms in total. The Balaban J connectivity index is 1.74. The Morgan fingerprint density at radius 3 is 2.63 bits per heavy atom. The van der Waals surface area contributed by atoms with Crippen molar-refractivity contribution in [3.05, 3.63) is 75.7 Å². The van der Waals surface area contributed by atoms with Crippen molar-refractivity contribution in [2.45, 2.75) is 26.2 Å². The molecule has 2 aromatic heterocycles. The molecule has 0 atom stereocenters. The molecule has 0 saturated heterocycles. The number of nitrogens with one attached hydrogen (secondary N) is 1. The smallest absolute Gasteiger partial charge is 0.254 e. The fraction of sp³-hybridized carbons (Fsp3) is 0.250. The summed E-state index contributed by atoms with van der Waals surface area (Å²) in [6, 6.07) is 11.1. The Hall–Kier alpha value is -2.37. The first-order valence-electron chi connectivity index (χ1n) is 8.49. The highest BCUT2D eigenvalue weighted by atomic mass is 35.5. The molecule has 0 spiro atoms. The molecule has 2 heterocycles. The van der Waals surface area contributed by atoms with Gasteiger partial charge < -0.3 is 5.32 Å². The molecule has 3 aromatic rings. The molecule has 0 bridgehead atoms. The van der Waals surface area contributed by atoms with E-state index in [1.807, 2.05) is 51.1 Å². The van der Waals surface area contributed by atoms with Crippen LogP contribution in [0.2, 0.25) is 10.0 Å². The molecule has 1 amide bonds. The SMILES string of the molecule is Cc1c(C(=O)NCC(C)(C)c2ccc(Cl)c(Cl)c2)cnn1-c1ccccn1. The molecular formula is C20H20Cl2N4O. The van der Waals surface area contributed by atoms with Gasteiger partial charge in [-0.1, -0.05) is 49.2 Å². The third-order valence-corrected chi connectivity index (χ3v) is 5.25. The second-order valence-corrected chi connectivity index (χ2v) is 7.75. The molecule has 0 fully saturated rings. The quantitative estimate of drug-likeness (QED) is 0.678. The predicted octanol–water partition coefficient (Wildman–Crippen LogP) is 4.59.